The van der Waals surface area contributed by atoms with Gasteiger partial charge in [-0.3, -0.25) is 15.4 Å². The van der Waals surface area contributed by atoms with Gasteiger partial charge in [0.2, 0.25) is 0 Å². The van der Waals surface area contributed by atoms with Crippen LogP contribution in [0.15, 0.2) is 28.9 Å². The third kappa shape index (κ3) is 7.75. The Morgan fingerprint density at radius 2 is 2.00 bits per heavy atom. The van der Waals surface area contributed by atoms with Crippen LogP contribution in [0.1, 0.15) is 20.8 Å². The molecule has 1 amide bonds. The van der Waals surface area contributed by atoms with Gasteiger partial charge in [0.1, 0.15) is 18.5 Å². The topological polar surface area (TPSA) is 109 Å². The summed E-state index contributed by atoms with van der Waals surface area (Å²) in [7, 11) is -1.27. The summed E-state index contributed by atoms with van der Waals surface area (Å²) < 4.78 is 13.2. The SMILES string of the molecule is CC(C)(C)OC(=O)Nc1ccc(Br)cc1-c1c([N+](=O)[O-])cnn1COCC[Si](C)(C)C. The number of halogens is 1. The average molecular weight is 513 g/mol. The van der Waals surface area contributed by atoms with E-state index in [0.717, 1.165) is 6.04 Å². The second-order valence-electron chi connectivity index (χ2n) is 9.30. The number of amides is 1. The molecule has 0 aliphatic rings. The lowest BCUT2D eigenvalue weighted by molar-refractivity contribution is -0.384. The molecule has 170 valence electrons. The summed E-state index contributed by atoms with van der Waals surface area (Å²) >= 11 is 3.40. The number of ether oxygens (including phenoxy) is 2. The molecule has 0 unspecified atom stereocenters. The molecule has 1 aromatic carbocycles. The number of rotatable bonds is 8. The molecule has 2 rings (SSSR count). The summed E-state index contributed by atoms with van der Waals surface area (Å²) in [5, 5.41) is 18.5. The Hall–Kier alpha value is -2.24. The minimum atomic E-state index is -1.27. The summed E-state index contributed by atoms with van der Waals surface area (Å²) in [5.41, 5.74) is 0.171. The first-order valence-corrected chi connectivity index (χ1v) is 14.3. The molecule has 0 radical (unpaired) electrons. The van der Waals surface area contributed by atoms with Gasteiger partial charge in [0.25, 0.3) is 0 Å². The fraction of sp³-hybridized carbons (Fsp3) is 0.500. The van der Waals surface area contributed by atoms with Crippen LogP contribution in [0.4, 0.5) is 16.2 Å². The van der Waals surface area contributed by atoms with Crippen molar-refractivity contribution in [3.63, 3.8) is 0 Å². The van der Waals surface area contributed by atoms with E-state index in [0.29, 0.717) is 22.3 Å². The third-order valence-corrected chi connectivity index (χ3v) is 6.30. The molecule has 0 atom stereocenters. The van der Waals surface area contributed by atoms with Gasteiger partial charge in [-0.1, -0.05) is 35.6 Å². The largest absolute Gasteiger partial charge is 0.444 e. The van der Waals surface area contributed by atoms with Crippen LogP contribution in [-0.4, -0.2) is 41.1 Å². The van der Waals surface area contributed by atoms with E-state index in [1.165, 1.54) is 10.9 Å². The average Bonchev–Trinajstić information content (AvgIpc) is 3.02. The predicted molar refractivity (Wildman–Crippen MR) is 126 cm³/mol. The lowest BCUT2D eigenvalue weighted by atomic mass is 10.1. The Balaban J connectivity index is 2.39. The molecule has 0 aliphatic carbocycles. The number of nitrogens with zero attached hydrogens (tertiary/aromatic N) is 3. The quantitative estimate of drug-likeness (QED) is 0.204. The summed E-state index contributed by atoms with van der Waals surface area (Å²) in [6.45, 7) is 12.6. The second kappa shape index (κ2) is 9.92. The van der Waals surface area contributed by atoms with Crippen LogP contribution >= 0.6 is 15.9 Å². The van der Waals surface area contributed by atoms with Crippen LogP contribution in [0.3, 0.4) is 0 Å². The van der Waals surface area contributed by atoms with Gasteiger partial charge in [-0.15, -0.1) is 0 Å². The van der Waals surface area contributed by atoms with Crippen LogP contribution in [0.5, 0.6) is 0 Å². The van der Waals surface area contributed by atoms with E-state index in [1.807, 2.05) is 0 Å². The van der Waals surface area contributed by atoms with Gasteiger partial charge in [-0.25, -0.2) is 9.48 Å². The van der Waals surface area contributed by atoms with Gasteiger partial charge in [0.15, 0.2) is 5.69 Å². The summed E-state index contributed by atoms with van der Waals surface area (Å²) in [6, 6.07) is 6.03. The highest BCUT2D eigenvalue weighted by Gasteiger charge is 2.26. The Labute approximate surface area is 191 Å². The monoisotopic (exact) mass is 512 g/mol. The van der Waals surface area contributed by atoms with E-state index < -0.39 is 24.7 Å². The van der Waals surface area contributed by atoms with Crippen molar-refractivity contribution >= 4 is 41.5 Å². The van der Waals surface area contributed by atoms with Crippen LogP contribution in [0.25, 0.3) is 11.3 Å². The molecule has 0 spiro atoms. The van der Waals surface area contributed by atoms with E-state index in [-0.39, 0.29) is 18.1 Å². The minimum absolute atomic E-state index is 0.0616. The van der Waals surface area contributed by atoms with E-state index in [9.17, 15) is 14.9 Å². The molecule has 1 aromatic heterocycles. The van der Waals surface area contributed by atoms with Crippen molar-refractivity contribution in [2.45, 2.75) is 58.8 Å². The standard InChI is InChI=1S/C20H29BrN4O5Si/c1-20(2,3)30-19(26)23-16-8-7-14(21)11-15(16)18-17(25(27)28)12-22-24(18)13-29-9-10-31(4,5)6/h7-8,11-12H,9-10,13H2,1-6H3,(H,23,26). The molecule has 0 aliphatic heterocycles. The zero-order chi connectivity index (χ0) is 23.4. The smallest absolute Gasteiger partial charge is 0.412 e. The molecule has 0 fully saturated rings. The Kier molecular flexibility index (Phi) is 8.01. The molecule has 1 N–H and O–H groups in total. The van der Waals surface area contributed by atoms with E-state index in [2.05, 4.69) is 46.0 Å². The van der Waals surface area contributed by atoms with Crippen molar-refractivity contribution in [1.29, 1.82) is 0 Å². The minimum Gasteiger partial charge on any atom is -0.444 e. The van der Waals surface area contributed by atoms with Crippen LogP contribution in [0, 0.1) is 10.1 Å². The number of nitrogens with one attached hydrogen (secondary N) is 1. The molecule has 0 saturated carbocycles. The third-order valence-electron chi connectivity index (χ3n) is 4.10. The lowest BCUT2D eigenvalue weighted by Crippen LogP contribution is -2.27. The van der Waals surface area contributed by atoms with E-state index in [1.54, 1.807) is 39.0 Å². The number of benzene rings is 1. The summed E-state index contributed by atoms with van der Waals surface area (Å²) in [5.74, 6) is 0. The number of hydrogen-bond acceptors (Lipinski definition) is 6. The van der Waals surface area contributed by atoms with Gasteiger partial charge in [-0.05, 0) is 45.0 Å². The maximum Gasteiger partial charge on any atom is 0.412 e. The van der Waals surface area contributed by atoms with Gasteiger partial charge >= 0.3 is 11.8 Å². The van der Waals surface area contributed by atoms with Crippen molar-refractivity contribution < 1.29 is 19.2 Å². The van der Waals surface area contributed by atoms with Crippen LogP contribution < -0.4 is 5.32 Å². The van der Waals surface area contributed by atoms with Crippen molar-refractivity contribution in [2.24, 2.45) is 0 Å². The number of nitro groups is 1. The van der Waals surface area contributed by atoms with Gasteiger partial charge in [-0.2, -0.15) is 5.10 Å². The van der Waals surface area contributed by atoms with Gasteiger partial charge < -0.3 is 9.47 Å². The highest BCUT2D eigenvalue weighted by Crippen LogP contribution is 2.37. The maximum absolute atomic E-state index is 12.3. The Bertz CT molecular complexity index is 950. The Morgan fingerprint density at radius 1 is 1.32 bits per heavy atom. The molecule has 11 heteroatoms. The van der Waals surface area contributed by atoms with E-state index >= 15 is 0 Å². The van der Waals surface area contributed by atoms with Gasteiger partial charge in [0, 0.05) is 24.7 Å². The molecule has 9 nitrogen and oxygen atoms in total. The fourth-order valence-electron chi connectivity index (χ4n) is 2.65. The second-order valence-corrected chi connectivity index (χ2v) is 15.8. The van der Waals surface area contributed by atoms with Crippen LogP contribution in [0.2, 0.25) is 25.7 Å². The molecule has 1 heterocycles. The molecule has 0 bridgehead atoms. The molecular weight excluding hydrogens is 484 g/mol. The summed E-state index contributed by atoms with van der Waals surface area (Å²) in [6.07, 6.45) is 0.534. The highest BCUT2D eigenvalue weighted by atomic mass is 79.9. The van der Waals surface area contributed by atoms with Crippen molar-refractivity contribution in [2.75, 3.05) is 11.9 Å². The molecule has 2 aromatic rings. The molecule has 0 saturated heterocycles. The van der Waals surface area contributed by atoms with Crippen LogP contribution in [-0.2, 0) is 16.2 Å². The zero-order valence-electron chi connectivity index (χ0n) is 18.7. The first-order valence-electron chi connectivity index (χ1n) is 9.85. The first-order chi connectivity index (χ1) is 14.3. The van der Waals surface area contributed by atoms with E-state index in [4.69, 9.17) is 9.47 Å². The zero-order valence-corrected chi connectivity index (χ0v) is 21.3. The number of carbonyl (C=O) groups excluding carboxylic acids is 1. The Morgan fingerprint density at radius 3 is 2.58 bits per heavy atom. The predicted octanol–water partition coefficient (Wildman–Crippen LogP) is 5.88. The van der Waals surface area contributed by atoms with Gasteiger partial charge in [0.05, 0.1) is 10.6 Å². The first kappa shape index (κ1) is 25.0. The van der Waals surface area contributed by atoms with Crippen molar-refractivity contribution in [3.8, 4) is 11.3 Å². The number of aromatic nitrogens is 2. The fourth-order valence-corrected chi connectivity index (χ4v) is 3.77. The number of anilines is 1. The molecular formula is C20H29BrN4O5Si. The number of hydrogen-bond donors (Lipinski definition) is 1. The summed E-state index contributed by atoms with van der Waals surface area (Å²) in [4.78, 5) is 23.5. The lowest BCUT2D eigenvalue weighted by Gasteiger charge is -2.20. The molecule has 31 heavy (non-hydrogen) atoms. The maximum atomic E-state index is 12.3. The van der Waals surface area contributed by atoms with Crippen molar-refractivity contribution in [3.05, 3.63) is 39.0 Å². The highest BCUT2D eigenvalue weighted by molar-refractivity contribution is 9.10. The van der Waals surface area contributed by atoms with Crippen molar-refractivity contribution in [1.82, 2.24) is 9.78 Å². The normalized spacial score (nSPS) is 12.0. The number of carbonyl (C=O) groups is 1.